The van der Waals surface area contributed by atoms with E-state index in [1.807, 2.05) is 6.08 Å². The van der Waals surface area contributed by atoms with Crippen molar-refractivity contribution in [1.82, 2.24) is 0 Å². The molecule has 0 amide bonds. The molecule has 0 aromatic heterocycles. The van der Waals surface area contributed by atoms with Crippen LogP contribution in [0.5, 0.6) is 0 Å². The molecule has 1 aliphatic rings. The Balaban J connectivity index is 0. The average Bonchev–Trinajstić information content (AvgIpc) is 3.08. The van der Waals surface area contributed by atoms with Crippen LogP contribution in [0.4, 0.5) is 0 Å². The van der Waals surface area contributed by atoms with Crippen molar-refractivity contribution >= 4 is 10.8 Å². The van der Waals surface area contributed by atoms with E-state index in [0.29, 0.717) is 0 Å². The molecule has 0 spiro atoms. The van der Waals surface area contributed by atoms with E-state index < -0.39 is 0 Å². The number of fused-ring (bicyclic) bond motifs is 1. The number of allylic oxidation sites excluding steroid dienone is 5. The molecule has 0 radical (unpaired) electrons. The third-order valence-electron chi connectivity index (χ3n) is 2.93. The van der Waals surface area contributed by atoms with Crippen LogP contribution in [0.3, 0.4) is 0 Å². The molecule has 2 aromatic rings. The van der Waals surface area contributed by atoms with Crippen LogP contribution < -0.4 is 0 Å². The first-order valence-corrected chi connectivity index (χ1v) is 6.38. The van der Waals surface area contributed by atoms with E-state index in [1.165, 1.54) is 16.3 Å². The molecule has 0 fully saturated rings. The summed E-state index contributed by atoms with van der Waals surface area (Å²) in [6.45, 7) is 3.66. The molecule has 108 valence electrons. The van der Waals surface area contributed by atoms with Gasteiger partial charge in [0.15, 0.2) is 0 Å². The topological polar surface area (TPSA) is 0 Å². The Bertz CT molecular complexity index is 528. The predicted molar refractivity (Wildman–Crippen MR) is 92.3 cm³/mol. The fourth-order valence-corrected chi connectivity index (χ4v) is 1.95. The molecule has 2 aromatic carbocycles. The van der Waals surface area contributed by atoms with Gasteiger partial charge < -0.3 is 14.9 Å². The monoisotopic (exact) mass is 354 g/mol. The largest absolute Gasteiger partial charge is 4.00 e. The summed E-state index contributed by atoms with van der Waals surface area (Å²) >= 11 is 0. The van der Waals surface area contributed by atoms with E-state index in [0.717, 1.165) is 19.3 Å². The Morgan fingerprint density at radius 3 is 2.57 bits per heavy atom. The summed E-state index contributed by atoms with van der Waals surface area (Å²) in [6, 6.07) is 14.7. The molecule has 3 rings (SSSR count). The second-order valence-corrected chi connectivity index (χ2v) is 4.29. The molecular formula is C20H24Zr. The molecular weight excluding hydrogens is 331 g/mol. The van der Waals surface area contributed by atoms with Crippen molar-refractivity contribution < 1.29 is 26.2 Å². The maximum absolute atomic E-state index is 3.66. The van der Waals surface area contributed by atoms with Crippen molar-refractivity contribution in [1.29, 1.82) is 0 Å². The molecule has 1 aliphatic carbocycles. The summed E-state index contributed by atoms with van der Waals surface area (Å²) < 4.78 is 0. The standard InChI is InChI=1S/C9H7.C9H11.2CH3.Zr/c1-2-5-9-7-3-6-8(9)4-1;1-2-3-6-9-7-4-5-8-9;;;/h1-7H;2,4,7H,1,3,5-6H2;2*1H3;/q4*-1;+4. The maximum Gasteiger partial charge on any atom is 4.00 e. The van der Waals surface area contributed by atoms with Gasteiger partial charge in [-0.05, 0) is 6.42 Å². The van der Waals surface area contributed by atoms with E-state index in [2.05, 4.69) is 67.3 Å². The second kappa shape index (κ2) is 12.7. The van der Waals surface area contributed by atoms with Gasteiger partial charge in [-0.15, -0.1) is 42.7 Å². The van der Waals surface area contributed by atoms with E-state index in [9.17, 15) is 0 Å². The zero-order chi connectivity index (χ0) is 12.6. The zero-order valence-electron chi connectivity index (χ0n) is 13.1. The molecule has 21 heavy (non-hydrogen) atoms. The molecule has 0 aliphatic heterocycles. The second-order valence-electron chi connectivity index (χ2n) is 4.29. The van der Waals surface area contributed by atoms with Gasteiger partial charge in [0.05, 0.1) is 0 Å². The minimum Gasteiger partial charge on any atom is -0.358 e. The molecule has 0 atom stereocenters. The van der Waals surface area contributed by atoms with Crippen molar-refractivity contribution in [2.45, 2.75) is 19.3 Å². The molecule has 1 heteroatoms. The van der Waals surface area contributed by atoms with Crippen LogP contribution in [0.2, 0.25) is 0 Å². The van der Waals surface area contributed by atoms with Crippen LogP contribution in [-0.2, 0) is 26.2 Å². The van der Waals surface area contributed by atoms with Gasteiger partial charge in [0.25, 0.3) is 0 Å². The summed E-state index contributed by atoms with van der Waals surface area (Å²) in [5.41, 5.74) is 1.34. The molecule has 0 heterocycles. The van der Waals surface area contributed by atoms with Crippen LogP contribution in [-0.4, -0.2) is 0 Å². The Morgan fingerprint density at radius 1 is 1.19 bits per heavy atom. The molecule has 0 unspecified atom stereocenters. The fourth-order valence-electron chi connectivity index (χ4n) is 1.95. The van der Waals surface area contributed by atoms with Crippen molar-refractivity contribution in [3.63, 3.8) is 0 Å². The fraction of sp³-hybridized carbons (Fsp3) is 0.150. The first kappa shape index (κ1) is 22.2. The summed E-state index contributed by atoms with van der Waals surface area (Å²) in [5, 5.41) is 2.66. The minimum absolute atomic E-state index is 0. The summed E-state index contributed by atoms with van der Waals surface area (Å²) in [4.78, 5) is 0. The van der Waals surface area contributed by atoms with Gasteiger partial charge in [-0.25, -0.2) is 11.6 Å². The summed E-state index contributed by atoms with van der Waals surface area (Å²) in [6.07, 6.45) is 12.7. The predicted octanol–water partition coefficient (Wildman–Crippen LogP) is 6.10. The number of hydrogen-bond acceptors (Lipinski definition) is 0. The van der Waals surface area contributed by atoms with Gasteiger partial charge in [-0.1, -0.05) is 18.6 Å². The molecule has 0 saturated heterocycles. The van der Waals surface area contributed by atoms with Crippen molar-refractivity contribution in [2.75, 3.05) is 0 Å². The average molecular weight is 356 g/mol. The third kappa shape index (κ3) is 7.48. The molecule has 0 nitrogen and oxygen atoms in total. The van der Waals surface area contributed by atoms with Gasteiger partial charge in [-0.2, -0.15) is 23.6 Å². The van der Waals surface area contributed by atoms with Crippen LogP contribution >= 0.6 is 0 Å². The van der Waals surface area contributed by atoms with Gasteiger partial charge in [0.2, 0.25) is 0 Å². The van der Waals surface area contributed by atoms with Crippen LogP contribution in [0, 0.1) is 20.9 Å². The maximum atomic E-state index is 3.66. The van der Waals surface area contributed by atoms with Crippen molar-refractivity contribution in [3.8, 4) is 0 Å². The molecule has 0 saturated carbocycles. The van der Waals surface area contributed by atoms with Crippen LogP contribution in [0.1, 0.15) is 19.3 Å². The normalized spacial score (nSPS) is 11.1. The van der Waals surface area contributed by atoms with Gasteiger partial charge in [0, 0.05) is 0 Å². The number of rotatable bonds is 3. The van der Waals surface area contributed by atoms with Crippen LogP contribution in [0.25, 0.3) is 10.8 Å². The number of hydrogen-bond donors (Lipinski definition) is 0. The van der Waals surface area contributed by atoms with Crippen LogP contribution in [0.15, 0.2) is 72.8 Å². The molecule has 0 N–H and O–H groups in total. The Labute approximate surface area is 149 Å². The van der Waals surface area contributed by atoms with E-state index in [-0.39, 0.29) is 41.1 Å². The Hall–Kier alpha value is -1.07. The SMILES string of the molecule is C=CCCC1=[C-]CC=C1.[CH3-].[CH3-].[Zr+4].c1ccc2[cH-]ccc2c1. The summed E-state index contributed by atoms with van der Waals surface area (Å²) in [7, 11) is 0. The number of benzene rings is 1. The van der Waals surface area contributed by atoms with Gasteiger partial charge in [-0.3, -0.25) is 6.08 Å². The van der Waals surface area contributed by atoms with E-state index >= 15 is 0 Å². The third-order valence-corrected chi connectivity index (χ3v) is 2.93. The van der Waals surface area contributed by atoms with E-state index in [4.69, 9.17) is 0 Å². The first-order chi connectivity index (χ1) is 8.90. The Morgan fingerprint density at radius 2 is 1.95 bits per heavy atom. The van der Waals surface area contributed by atoms with Gasteiger partial charge in [0.1, 0.15) is 0 Å². The first-order valence-electron chi connectivity index (χ1n) is 6.38. The smallest absolute Gasteiger partial charge is 0.358 e. The van der Waals surface area contributed by atoms with Crippen molar-refractivity contribution in [2.24, 2.45) is 0 Å². The van der Waals surface area contributed by atoms with Gasteiger partial charge >= 0.3 is 26.2 Å². The molecule has 0 bridgehead atoms. The minimum atomic E-state index is 0. The van der Waals surface area contributed by atoms with E-state index in [1.54, 1.807) is 0 Å². The summed E-state index contributed by atoms with van der Waals surface area (Å²) in [5.74, 6) is 0. The Kier molecular flexibility index (Phi) is 13.4. The van der Waals surface area contributed by atoms with Crippen molar-refractivity contribution in [3.05, 3.63) is 93.8 Å². The quantitative estimate of drug-likeness (QED) is 0.461. The zero-order valence-corrected chi connectivity index (χ0v) is 15.6.